The molecule has 0 spiro atoms. The molecule has 7 nitrogen and oxygen atoms in total. The van der Waals surface area contributed by atoms with Crippen molar-refractivity contribution in [2.45, 2.75) is 40.5 Å². The van der Waals surface area contributed by atoms with E-state index < -0.39 is 0 Å². The highest BCUT2D eigenvalue weighted by Crippen LogP contribution is 2.36. The first-order valence-electron chi connectivity index (χ1n) is 13.4. The second kappa shape index (κ2) is 11.8. The Morgan fingerprint density at radius 1 is 1.25 bits per heavy atom. The third kappa shape index (κ3) is 5.92. The van der Waals surface area contributed by atoms with Gasteiger partial charge in [-0.15, -0.1) is 11.3 Å². The minimum atomic E-state index is -0.00667. The third-order valence-corrected chi connectivity index (χ3v) is 7.57. The van der Waals surface area contributed by atoms with Crippen molar-refractivity contribution in [1.29, 1.82) is 0 Å². The Kier molecular flexibility index (Phi) is 7.98. The molecule has 8 heteroatoms. The Morgan fingerprint density at radius 2 is 2.10 bits per heavy atom. The van der Waals surface area contributed by atoms with E-state index in [9.17, 15) is 4.79 Å². The first-order valence-corrected chi connectivity index (χ1v) is 14.2. The van der Waals surface area contributed by atoms with Gasteiger partial charge in [0.15, 0.2) is 0 Å². The topological polar surface area (TPSA) is 98.5 Å². The summed E-state index contributed by atoms with van der Waals surface area (Å²) >= 11 is 1.80. The first-order chi connectivity index (χ1) is 19.3. The van der Waals surface area contributed by atoms with Crippen LogP contribution in [0.2, 0.25) is 0 Å². The molecule has 0 radical (unpaired) electrons. The van der Waals surface area contributed by atoms with E-state index in [0.29, 0.717) is 6.42 Å². The average molecular weight is 551 g/mol. The largest absolute Gasteiger partial charge is 0.368 e. The zero-order valence-corrected chi connectivity index (χ0v) is 24.1. The number of nitrogens with zero attached hydrogens (tertiary/aromatic N) is 2. The molecule has 4 heterocycles. The summed E-state index contributed by atoms with van der Waals surface area (Å²) in [5, 5.41) is 13.8. The van der Waals surface area contributed by atoms with Gasteiger partial charge >= 0.3 is 0 Å². The number of hydrogen-bond donors (Lipinski definition) is 4. The lowest BCUT2D eigenvalue weighted by Crippen LogP contribution is -2.22. The van der Waals surface area contributed by atoms with Gasteiger partial charge in [0.2, 0.25) is 5.91 Å². The number of allylic oxidation sites excluding steroid dienone is 6. The highest BCUT2D eigenvalue weighted by atomic mass is 32.1. The maximum absolute atomic E-state index is 12.3. The zero-order chi connectivity index (χ0) is 28.2. The Bertz CT molecular complexity index is 1690. The van der Waals surface area contributed by atoms with Crippen molar-refractivity contribution in [2.75, 3.05) is 0 Å². The third-order valence-electron chi connectivity index (χ3n) is 6.53. The molecule has 0 saturated heterocycles. The normalized spacial score (nSPS) is 13.8. The molecule has 1 amide bonds. The summed E-state index contributed by atoms with van der Waals surface area (Å²) in [4.78, 5) is 23.5. The summed E-state index contributed by atoms with van der Waals surface area (Å²) in [5.41, 5.74) is 9.11. The molecule has 1 aliphatic rings. The van der Waals surface area contributed by atoms with Crippen molar-refractivity contribution >= 4 is 39.4 Å². The molecular weight excluding hydrogens is 516 g/mol. The number of carbonyl (C=O) groups excluding carboxylic acids is 1. The summed E-state index contributed by atoms with van der Waals surface area (Å²) < 4.78 is 0. The lowest BCUT2D eigenvalue weighted by Gasteiger charge is -2.09. The summed E-state index contributed by atoms with van der Waals surface area (Å²) in [6.45, 7) is 11.8. The number of carbonyl (C=O) groups is 1. The minimum absolute atomic E-state index is 0.00667. The minimum Gasteiger partial charge on any atom is -0.368 e. The van der Waals surface area contributed by atoms with Crippen LogP contribution in [0.4, 0.5) is 0 Å². The fraction of sp³-hybridized carbons (Fsp3) is 0.219. The van der Waals surface area contributed by atoms with Gasteiger partial charge in [0.1, 0.15) is 11.2 Å². The number of hydrogen-bond acceptors (Lipinski definition) is 5. The van der Waals surface area contributed by atoms with Crippen molar-refractivity contribution < 1.29 is 4.79 Å². The van der Waals surface area contributed by atoms with E-state index in [-0.39, 0.29) is 11.8 Å². The molecule has 0 bridgehead atoms. The molecule has 4 aromatic rings. The SMILES string of the molecule is C=CN/C=C(\C=C(/C)NC(=O)CC(C)C)c1ccc2[nH]nc(-c3cc4c([nH]3)CC=CC=C4c3ccc(C)s3)c2n1. The molecule has 4 aromatic heterocycles. The van der Waals surface area contributed by atoms with Gasteiger partial charge in [-0.3, -0.25) is 9.89 Å². The van der Waals surface area contributed by atoms with Crippen molar-refractivity contribution in [1.82, 2.24) is 30.8 Å². The van der Waals surface area contributed by atoms with Crippen LogP contribution >= 0.6 is 11.3 Å². The molecular formula is C32H34N6OS. The maximum Gasteiger partial charge on any atom is 0.224 e. The Morgan fingerprint density at radius 3 is 2.85 bits per heavy atom. The number of aryl methyl sites for hydroxylation is 1. The quantitative estimate of drug-likeness (QED) is 0.169. The number of rotatable bonds is 9. The molecule has 0 fully saturated rings. The van der Waals surface area contributed by atoms with Crippen LogP contribution in [0.15, 0.2) is 79.3 Å². The lowest BCUT2D eigenvalue weighted by atomic mass is 10.0. The lowest BCUT2D eigenvalue weighted by molar-refractivity contribution is -0.121. The number of H-pyrrole nitrogens is 2. The number of nitrogens with one attached hydrogen (secondary N) is 4. The van der Waals surface area contributed by atoms with Gasteiger partial charge in [-0.25, -0.2) is 4.98 Å². The van der Waals surface area contributed by atoms with Crippen LogP contribution in [0.5, 0.6) is 0 Å². The van der Waals surface area contributed by atoms with Crippen LogP contribution in [-0.4, -0.2) is 26.1 Å². The fourth-order valence-electron chi connectivity index (χ4n) is 4.76. The highest BCUT2D eigenvalue weighted by Gasteiger charge is 2.20. The van der Waals surface area contributed by atoms with Crippen LogP contribution in [0.1, 0.15) is 53.9 Å². The van der Waals surface area contributed by atoms with E-state index in [1.165, 1.54) is 20.9 Å². The molecule has 0 atom stereocenters. The van der Waals surface area contributed by atoms with Crippen LogP contribution in [0, 0.1) is 12.8 Å². The van der Waals surface area contributed by atoms with Gasteiger partial charge in [0, 0.05) is 56.9 Å². The number of aromatic amines is 2. The van der Waals surface area contributed by atoms with Crippen molar-refractivity contribution in [3.05, 3.63) is 106 Å². The molecule has 0 aromatic carbocycles. The van der Waals surface area contributed by atoms with Gasteiger partial charge in [-0.2, -0.15) is 5.10 Å². The van der Waals surface area contributed by atoms with Crippen molar-refractivity contribution in [3.8, 4) is 11.4 Å². The van der Waals surface area contributed by atoms with E-state index in [2.05, 4.69) is 75.7 Å². The fourth-order valence-corrected chi connectivity index (χ4v) is 5.66. The van der Waals surface area contributed by atoms with Crippen molar-refractivity contribution in [3.63, 3.8) is 0 Å². The molecule has 0 aliphatic heterocycles. The van der Waals surface area contributed by atoms with Crippen molar-refractivity contribution in [2.24, 2.45) is 5.92 Å². The van der Waals surface area contributed by atoms with E-state index in [4.69, 9.17) is 4.98 Å². The highest BCUT2D eigenvalue weighted by molar-refractivity contribution is 7.13. The Balaban J connectivity index is 1.52. The predicted octanol–water partition coefficient (Wildman–Crippen LogP) is 7.01. The Labute approximate surface area is 238 Å². The Hall–Kier alpha value is -4.43. The molecule has 1 aliphatic carbocycles. The van der Waals surface area contributed by atoms with Gasteiger partial charge < -0.3 is 15.6 Å². The summed E-state index contributed by atoms with van der Waals surface area (Å²) in [6, 6.07) is 10.4. The molecule has 0 unspecified atom stereocenters. The van der Waals surface area contributed by atoms with Gasteiger partial charge in [-0.05, 0) is 62.4 Å². The van der Waals surface area contributed by atoms with E-state index in [1.54, 1.807) is 17.5 Å². The number of aromatic nitrogens is 4. The standard InChI is InChI=1S/C32H34N6OS/c1-6-33-18-22(16-20(4)34-30(39)15-19(2)3)25-12-13-27-31(36-25)32(38-37-27)28-17-24-23(29-14-11-21(5)40-29)9-7-8-10-26(24)35-28/h6-9,11-14,16-19,33,35H,1,10,15H2,2-5H3,(H,34,39)(H,37,38)/b20-16+,22-18+. The summed E-state index contributed by atoms with van der Waals surface area (Å²) in [7, 11) is 0. The molecule has 5 rings (SSSR count). The number of fused-ring (bicyclic) bond motifs is 2. The summed E-state index contributed by atoms with van der Waals surface area (Å²) in [5.74, 6) is 0.279. The number of thiophene rings is 1. The number of amides is 1. The van der Waals surface area contributed by atoms with E-state index >= 15 is 0 Å². The molecule has 40 heavy (non-hydrogen) atoms. The van der Waals surface area contributed by atoms with Crippen LogP contribution in [-0.2, 0) is 11.2 Å². The molecule has 204 valence electrons. The number of pyridine rings is 1. The van der Waals surface area contributed by atoms with Crippen LogP contribution in [0.3, 0.4) is 0 Å². The zero-order valence-electron chi connectivity index (χ0n) is 23.3. The monoisotopic (exact) mass is 550 g/mol. The van der Waals surface area contributed by atoms with E-state index in [1.807, 2.05) is 45.2 Å². The predicted molar refractivity (Wildman–Crippen MR) is 165 cm³/mol. The smallest absolute Gasteiger partial charge is 0.224 e. The average Bonchev–Trinajstić information content (AvgIpc) is 3.61. The van der Waals surface area contributed by atoms with Crippen LogP contribution in [0.25, 0.3) is 33.6 Å². The molecule has 0 saturated carbocycles. The summed E-state index contributed by atoms with van der Waals surface area (Å²) in [6.07, 6.45) is 13.1. The van der Waals surface area contributed by atoms with Gasteiger partial charge in [-0.1, -0.05) is 38.7 Å². The second-order valence-electron chi connectivity index (χ2n) is 10.3. The van der Waals surface area contributed by atoms with E-state index in [0.717, 1.165) is 51.5 Å². The van der Waals surface area contributed by atoms with Gasteiger partial charge in [0.25, 0.3) is 0 Å². The van der Waals surface area contributed by atoms with Crippen LogP contribution < -0.4 is 10.6 Å². The maximum atomic E-state index is 12.3. The molecule has 4 N–H and O–H groups in total. The van der Waals surface area contributed by atoms with Gasteiger partial charge in [0.05, 0.1) is 16.9 Å². The first kappa shape index (κ1) is 27.1. The second-order valence-corrected chi connectivity index (χ2v) is 11.6.